The lowest BCUT2D eigenvalue weighted by atomic mass is 10.3. The Balaban J connectivity index is 3.73. The van der Waals surface area contributed by atoms with Gasteiger partial charge in [-0.05, 0) is 0 Å². The first-order valence-corrected chi connectivity index (χ1v) is 4.59. The van der Waals surface area contributed by atoms with Crippen molar-refractivity contribution in [1.29, 1.82) is 0 Å². The largest absolute Gasteiger partial charge is 0.480 e. The zero-order chi connectivity index (χ0) is 12.6. The molecule has 1 atom stereocenters. The number of amides is 3. The van der Waals surface area contributed by atoms with Gasteiger partial charge in [-0.2, -0.15) is 0 Å². The predicted octanol–water partition coefficient (Wildman–Crippen LogP) is -2.13. The van der Waals surface area contributed by atoms with E-state index in [2.05, 4.69) is 10.6 Å². The fourth-order valence-electron chi connectivity index (χ4n) is 0.809. The van der Waals surface area contributed by atoms with Gasteiger partial charge in [0.1, 0.15) is 0 Å². The first kappa shape index (κ1) is 14.2. The SMILES string of the molecule is CC(=O)NCCNC(=O)N[C@@H](CO)C(=O)O. The Morgan fingerprint density at radius 3 is 2.19 bits per heavy atom. The van der Waals surface area contributed by atoms with Gasteiger partial charge in [0.05, 0.1) is 6.61 Å². The third kappa shape index (κ3) is 6.60. The average molecular weight is 233 g/mol. The normalized spacial score (nSPS) is 11.4. The highest BCUT2D eigenvalue weighted by Gasteiger charge is 2.17. The van der Waals surface area contributed by atoms with E-state index in [1.165, 1.54) is 6.92 Å². The molecule has 0 saturated carbocycles. The van der Waals surface area contributed by atoms with Crippen molar-refractivity contribution in [2.24, 2.45) is 0 Å². The van der Waals surface area contributed by atoms with E-state index in [0.29, 0.717) is 0 Å². The van der Waals surface area contributed by atoms with Gasteiger partial charge in [0.15, 0.2) is 6.04 Å². The minimum Gasteiger partial charge on any atom is -0.480 e. The number of aliphatic hydroxyl groups is 1. The van der Waals surface area contributed by atoms with Gasteiger partial charge in [-0.1, -0.05) is 0 Å². The van der Waals surface area contributed by atoms with E-state index < -0.39 is 24.6 Å². The smallest absolute Gasteiger partial charge is 0.328 e. The van der Waals surface area contributed by atoms with Crippen LogP contribution < -0.4 is 16.0 Å². The Morgan fingerprint density at radius 2 is 1.75 bits per heavy atom. The zero-order valence-electron chi connectivity index (χ0n) is 8.82. The molecule has 0 aliphatic heterocycles. The Kier molecular flexibility index (Phi) is 6.61. The fraction of sp³-hybridized carbons (Fsp3) is 0.625. The third-order valence-electron chi connectivity index (χ3n) is 1.57. The molecule has 8 heteroatoms. The predicted molar refractivity (Wildman–Crippen MR) is 53.7 cm³/mol. The molecular formula is C8H15N3O5. The number of carboxylic acid groups (broad SMARTS) is 1. The van der Waals surface area contributed by atoms with Crippen LogP contribution in [0.4, 0.5) is 4.79 Å². The minimum atomic E-state index is -1.33. The van der Waals surface area contributed by atoms with Crippen molar-refractivity contribution < 1.29 is 24.6 Å². The molecular weight excluding hydrogens is 218 g/mol. The lowest BCUT2D eigenvalue weighted by molar-refractivity contribution is -0.140. The van der Waals surface area contributed by atoms with E-state index in [-0.39, 0.29) is 19.0 Å². The highest BCUT2D eigenvalue weighted by Crippen LogP contribution is 1.81. The number of carbonyl (C=O) groups is 3. The monoisotopic (exact) mass is 233 g/mol. The maximum absolute atomic E-state index is 11.1. The van der Waals surface area contributed by atoms with E-state index in [4.69, 9.17) is 10.2 Å². The molecule has 0 aromatic heterocycles. The molecule has 0 unspecified atom stereocenters. The van der Waals surface area contributed by atoms with Crippen LogP contribution in [0, 0.1) is 0 Å². The number of hydrogen-bond donors (Lipinski definition) is 5. The lowest BCUT2D eigenvalue weighted by Crippen LogP contribution is -2.49. The number of hydrogen-bond acceptors (Lipinski definition) is 4. The molecule has 0 bridgehead atoms. The van der Waals surface area contributed by atoms with Crippen molar-refractivity contribution in [3.8, 4) is 0 Å². The van der Waals surface area contributed by atoms with Gasteiger partial charge >= 0.3 is 12.0 Å². The molecule has 0 rings (SSSR count). The summed E-state index contributed by atoms with van der Waals surface area (Å²) in [6.07, 6.45) is 0. The summed E-state index contributed by atoms with van der Waals surface area (Å²) in [5, 5.41) is 23.9. The number of carboxylic acids is 1. The summed E-state index contributed by atoms with van der Waals surface area (Å²) >= 11 is 0. The molecule has 0 aromatic carbocycles. The molecule has 0 aliphatic rings. The van der Waals surface area contributed by atoms with Crippen molar-refractivity contribution in [2.75, 3.05) is 19.7 Å². The highest BCUT2D eigenvalue weighted by atomic mass is 16.4. The summed E-state index contributed by atoms with van der Waals surface area (Å²) in [4.78, 5) is 31.9. The topological polar surface area (TPSA) is 128 Å². The maximum Gasteiger partial charge on any atom is 0.328 e. The van der Waals surface area contributed by atoms with Crippen LogP contribution >= 0.6 is 0 Å². The van der Waals surface area contributed by atoms with Crippen molar-refractivity contribution in [1.82, 2.24) is 16.0 Å². The number of rotatable bonds is 6. The number of urea groups is 1. The Hall–Kier alpha value is -1.83. The van der Waals surface area contributed by atoms with Gasteiger partial charge in [0.25, 0.3) is 0 Å². The lowest BCUT2D eigenvalue weighted by Gasteiger charge is -2.12. The van der Waals surface area contributed by atoms with Crippen LogP contribution in [0.3, 0.4) is 0 Å². The van der Waals surface area contributed by atoms with Gasteiger partial charge in [0.2, 0.25) is 5.91 Å². The fourth-order valence-corrected chi connectivity index (χ4v) is 0.809. The standard InChI is InChI=1S/C8H15N3O5/c1-5(13)9-2-3-10-8(16)11-6(4-12)7(14)15/h6,12H,2-4H2,1H3,(H,9,13)(H,14,15)(H2,10,11,16)/t6-/m0/s1. The summed E-state index contributed by atoms with van der Waals surface area (Å²) in [5.41, 5.74) is 0. The summed E-state index contributed by atoms with van der Waals surface area (Å²) in [7, 11) is 0. The quantitative estimate of drug-likeness (QED) is 0.335. The van der Waals surface area contributed by atoms with E-state index in [9.17, 15) is 14.4 Å². The molecule has 5 N–H and O–H groups in total. The van der Waals surface area contributed by atoms with E-state index in [1.54, 1.807) is 0 Å². The Morgan fingerprint density at radius 1 is 1.19 bits per heavy atom. The van der Waals surface area contributed by atoms with Crippen molar-refractivity contribution in [3.05, 3.63) is 0 Å². The van der Waals surface area contributed by atoms with Crippen LogP contribution in [-0.4, -0.2) is 53.9 Å². The number of aliphatic carboxylic acids is 1. The van der Waals surface area contributed by atoms with Crippen molar-refractivity contribution >= 4 is 17.9 Å². The molecule has 0 fully saturated rings. The van der Waals surface area contributed by atoms with Crippen LogP contribution in [0.1, 0.15) is 6.92 Å². The van der Waals surface area contributed by atoms with Gasteiger partial charge in [-0.25, -0.2) is 9.59 Å². The summed E-state index contributed by atoms with van der Waals surface area (Å²) in [5.74, 6) is -1.54. The van der Waals surface area contributed by atoms with E-state index in [0.717, 1.165) is 0 Å². The number of carbonyl (C=O) groups excluding carboxylic acids is 2. The Bertz CT molecular complexity index is 268. The number of nitrogens with one attached hydrogen (secondary N) is 3. The minimum absolute atomic E-state index is 0.170. The van der Waals surface area contributed by atoms with Crippen LogP contribution in [0.5, 0.6) is 0 Å². The molecule has 8 nitrogen and oxygen atoms in total. The van der Waals surface area contributed by atoms with Crippen LogP contribution in [0.15, 0.2) is 0 Å². The molecule has 0 radical (unpaired) electrons. The molecule has 0 heterocycles. The van der Waals surface area contributed by atoms with Crippen LogP contribution in [0.2, 0.25) is 0 Å². The summed E-state index contributed by atoms with van der Waals surface area (Å²) in [6, 6.07) is -2.05. The van der Waals surface area contributed by atoms with Crippen LogP contribution in [-0.2, 0) is 9.59 Å². The van der Waals surface area contributed by atoms with E-state index in [1.807, 2.05) is 5.32 Å². The molecule has 3 amide bonds. The second kappa shape index (κ2) is 7.46. The van der Waals surface area contributed by atoms with Gasteiger partial charge in [-0.3, -0.25) is 4.79 Å². The van der Waals surface area contributed by atoms with Crippen molar-refractivity contribution in [3.63, 3.8) is 0 Å². The van der Waals surface area contributed by atoms with Gasteiger partial charge < -0.3 is 26.2 Å². The molecule has 16 heavy (non-hydrogen) atoms. The second-order valence-electron chi connectivity index (χ2n) is 2.96. The first-order valence-electron chi connectivity index (χ1n) is 4.59. The number of aliphatic hydroxyl groups excluding tert-OH is 1. The zero-order valence-corrected chi connectivity index (χ0v) is 8.82. The molecule has 0 aromatic rings. The van der Waals surface area contributed by atoms with E-state index >= 15 is 0 Å². The molecule has 92 valence electrons. The third-order valence-corrected chi connectivity index (χ3v) is 1.57. The highest BCUT2D eigenvalue weighted by molar-refractivity contribution is 5.82. The summed E-state index contributed by atoms with van der Waals surface area (Å²) in [6.45, 7) is 1.07. The Labute approximate surface area is 92.0 Å². The second-order valence-corrected chi connectivity index (χ2v) is 2.96. The van der Waals surface area contributed by atoms with Crippen LogP contribution in [0.25, 0.3) is 0 Å². The maximum atomic E-state index is 11.1. The van der Waals surface area contributed by atoms with Crippen molar-refractivity contribution in [2.45, 2.75) is 13.0 Å². The average Bonchev–Trinajstić information content (AvgIpc) is 2.20. The first-order chi connectivity index (χ1) is 7.47. The molecule has 0 saturated heterocycles. The van der Waals surface area contributed by atoms with Gasteiger partial charge in [-0.15, -0.1) is 0 Å². The summed E-state index contributed by atoms with van der Waals surface area (Å²) < 4.78 is 0. The molecule has 0 spiro atoms. The van der Waals surface area contributed by atoms with Gasteiger partial charge in [0, 0.05) is 20.0 Å². The molecule has 0 aliphatic carbocycles.